The molecular weight excluding hydrogens is 404 g/mol. The molecule has 0 amide bonds. The van der Waals surface area contributed by atoms with Crippen molar-refractivity contribution in [1.82, 2.24) is 0 Å². The lowest BCUT2D eigenvalue weighted by Gasteiger charge is -2.31. The van der Waals surface area contributed by atoms with Crippen LogP contribution >= 0.6 is 0 Å². The summed E-state index contributed by atoms with van der Waals surface area (Å²) >= 11 is 0. The zero-order chi connectivity index (χ0) is 21.5. The fourth-order valence-electron chi connectivity index (χ4n) is 3.83. The third-order valence-corrected chi connectivity index (χ3v) is 5.35. The Morgan fingerprint density at radius 1 is 1.00 bits per heavy atom. The topological polar surface area (TPSA) is 51.9 Å². The SMILES string of the molecule is COc1ccc(-c2cc(=O)oc3c4c(ccc23)OCN(c2ccc(F)cc2F)C4)cc1. The Kier molecular flexibility index (Phi) is 4.58. The van der Waals surface area contributed by atoms with E-state index in [0.29, 0.717) is 28.2 Å². The summed E-state index contributed by atoms with van der Waals surface area (Å²) in [6.07, 6.45) is 0. The normalized spacial score (nSPS) is 13.1. The van der Waals surface area contributed by atoms with Gasteiger partial charge in [0.2, 0.25) is 0 Å². The highest BCUT2D eigenvalue weighted by atomic mass is 19.1. The van der Waals surface area contributed by atoms with E-state index in [4.69, 9.17) is 13.9 Å². The van der Waals surface area contributed by atoms with Gasteiger partial charge in [0.25, 0.3) is 0 Å². The summed E-state index contributed by atoms with van der Waals surface area (Å²) in [5, 5.41) is 0.730. The molecule has 0 saturated carbocycles. The monoisotopic (exact) mass is 421 g/mol. The van der Waals surface area contributed by atoms with Crippen molar-refractivity contribution in [2.45, 2.75) is 6.54 Å². The first-order chi connectivity index (χ1) is 15.0. The smallest absolute Gasteiger partial charge is 0.336 e. The maximum atomic E-state index is 14.3. The molecule has 0 saturated heterocycles. The zero-order valence-corrected chi connectivity index (χ0v) is 16.5. The fraction of sp³-hybridized carbons (Fsp3) is 0.125. The van der Waals surface area contributed by atoms with E-state index in [9.17, 15) is 13.6 Å². The second-order valence-electron chi connectivity index (χ2n) is 7.19. The molecule has 156 valence electrons. The summed E-state index contributed by atoms with van der Waals surface area (Å²) < 4.78 is 44.2. The van der Waals surface area contributed by atoms with Crippen LogP contribution in [-0.2, 0) is 6.54 Å². The molecule has 0 fully saturated rings. The van der Waals surface area contributed by atoms with E-state index in [2.05, 4.69) is 0 Å². The number of benzene rings is 3. The molecule has 0 spiro atoms. The number of halogens is 2. The molecule has 3 aromatic carbocycles. The number of hydrogen-bond donors (Lipinski definition) is 0. The predicted octanol–water partition coefficient (Wildman–Crippen LogP) is 5.10. The molecule has 0 radical (unpaired) electrons. The fourth-order valence-corrected chi connectivity index (χ4v) is 3.83. The van der Waals surface area contributed by atoms with Crippen LogP contribution in [0.1, 0.15) is 5.56 Å². The van der Waals surface area contributed by atoms with Gasteiger partial charge in [-0.05, 0) is 47.5 Å². The van der Waals surface area contributed by atoms with Crippen molar-refractivity contribution in [3.05, 3.63) is 88.3 Å². The van der Waals surface area contributed by atoms with Gasteiger partial charge in [0.05, 0.1) is 24.9 Å². The van der Waals surface area contributed by atoms with Crippen LogP contribution in [0.5, 0.6) is 11.5 Å². The minimum absolute atomic E-state index is 0.0868. The van der Waals surface area contributed by atoms with Gasteiger partial charge in [0.15, 0.2) is 6.73 Å². The Hall–Kier alpha value is -3.87. The van der Waals surface area contributed by atoms with Gasteiger partial charge in [-0.25, -0.2) is 13.6 Å². The van der Waals surface area contributed by atoms with Crippen molar-refractivity contribution in [3.63, 3.8) is 0 Å². The lowest BCUT2D eigenvalue weighted by Crippen LogP contribution is -2.32. The minimum Gasteiger partial charge on any atom is -0.497 e. The van der Waals surface area contributed by atoms with E-state index in [0.717, 1.165) is 17.0 Å². The average molecular weight is 421 g/mol. The van der Waals surface area contributed by atoms with Crippen LogP contribution in [0, 0.1) is 11.6 Å². The summed E-state index contributed by atoms with van der Waals surface area (Å²) in [4.78, 5) is 14.0. The molecule has 1 aliphatic rings. The highest BCUT2D eigenvalue weighted by molar-refractivity contribution is 5.96. The van der Waals surface area contributed by atoms with Gasteiger partial charge in [0, 0.05) is 17.5 Å². The average Bonchev–Trinajstić information content (AvgIpc) is 2.78. The van der Waals surface area contributed by atoms with Crippen molar-refractivity contribution in [2.75, 3.05) is 18.7 Å². The Labute approximate surface area is 176 Å². The number of ether oxygens (including phenoxy) is 2. The molecule has 0 aliphatic carbocycles. The maximum Gasteiger partial charge on any atom is 0.336 e. The van der Waals surface area contributed by atoms with E-state index >= 15 is 0 Å². The molecule has 31 heavy (non-hydrogen) atoms. The largest absolute Gasteiger partial charge is 0.497 e. The van der Waals surface area contributed by atoms with Gasteiger partial charge in [0.1, 0.15) is 28.7 Å². The first-order valence-electron chi connectivity index (χ1n) is 9.60. The number of methoxy groups -OCH3 is 1. The van der Waals surface area contributed by atoms with Crippen molar-refractivity contribution in [1.29, 1.82) is 0 Å². The van der Waals surface area contributed by atoms with Crippen LogP contribution in [0.15, 0.2) is 69.9 Å². The highest BCUT2D eigenvalue weighted by Gasteiger charge is 2.24. The van der Waals surface area contributed by atoms with Gasteiger partial charge in [-0.15, -0.1) is 0 Å². The Balaban J connectivity index is 1.63. The molecule has 7 heteroatoms. The standard InChI is InChI=1S/C24H17F2NO4/c1-29-16-5-2-14(3-6-16)18-11-23(28)31-24-17(18)7-9-22-19(24)12-27(13-30-22)21-8-4-15(25)10-20(21)26/h2-11H,12-13H2,1H3. The lowest BCUT2D eigenvalue weighted by molar-refractivity contribution is 0.287. The van der Waals surface area contributed by atoms with Crippen LogP contribution in [0.2, 0.25) is 0 Å². The number of fused-ring (bicyclic) bond motifs is 3. The lowest BCUT2D eigenvalue weighted by atomic mass is 9.99. The highest BCUT2D eigenvalue weighted by Crippen LogP contribution is 2.37. The predicted molar refractivity (Wildman–Crippen MR) is 113 cm³/mol. The number of anilines is 1. The molecular formula is C24H17F2NO4. The summed E-state index contributed by atoms with van der Waals surface area (Å²) in [7, 11) is 1.59. The summed E-state index contributed by atoms with van der Waals surface area (Å²) in [6, 6.07) is 15.8. The summed E-state index contributed by atoms with van der Waals surface area (Å²) in [5.41, 5.74) is 2.25. The molecule has 0 N–H and O–H groups in total. The number of rotatable bonds is 3. The van der Waals surface area contributed by atoms with Crippen LogP contribution in [0.3, 0.4) is 0 Å². The van der Waals surface area contributed by atoms with Gasteiger partial charge < -0.3 is 18.8 Å². The second kappa shape index (κ2) is 7.43. The molecule has 0 bridgehead atoms. The number of hydrogen-bond acceptors (Lipinski definition) is 5. The molecule has 1 aliphatic heterocycles. The molecule has 2 heterocycles. The van der Waals surface area contributed by atoms with Gasteiger partial charge in [-0.3, -0.25) is 0 Å². The Morgan fingerprint density at radius 2 is 1.81 bits per heavy atom. The van der Waals surface area contributed by atoms with Gasteiger partial charge in [-0.1, -0.05) is 12.1 Å². The summed E-state index contributed by atoms with van der Waals surface area (Å²) in [5.74, 6) is -0.0760. The van der Waals surface area contributed by atoms with Crippen LogP contribution in [0.4, 0.5) is 14.5 Å². The molecule has 5 nitrogen and oxygen atoms in total. The van der Waals surface area contributed by atoms with E-state index in [1.807, 2.05) is 36.4 Å². The quantitative estimate of drug-likeness (QED) is 0.431. The van der Waals surface area contributed by atoms with E-state index in [-0.39, 0.29) is 19.0 Å². The third kappa shape index (κ3) is 3.38. The Bertz CT molecular complexity index is 1350. The first-order valence-corrected chi connectivity index (χ1v) is 9.60. The second-order valence-corrected chi connectivity index (χ2v) is 7.19. The van der Waals surface area contributed by atoms with Crippen LogP contribution in [0.25, 0.3) is 22.1 Å². The third-order valence-electron chi connectivity index (χ3n) is 5.35. The first kappa shape index (κ1) is 19.1. The van der Waals surface area contributed by atoms with Crippen molar-refractivity contribution < 1.29 is 22.7 Å². The molecule has 0 atom stereocenters. The molecule has 4 aromatic rings. The van der Waals surface area contributed by atoms with Gasteiger partial charge in [-0.2, -0.15) is 0 Å². The summed E-state index contributed by atoms with van der Waals surface area (Å²) in [6.45, 7) is 0.327. The van der Waals surface area contributed by atoms with Crippen molar-refractivity contribution in [2.24, 2.45) is 0 Å². The van der Waals surface area contributed by atoms with Crippen molar-refractivity contribution >= 4 is 16.7 Å². The van der Waals surface area contributed by atoms with E-state index < -0.39 is 17.3 Å². The minimum atomic E-state index is -0.687. The maximum absolute atomic E-state index is 14.3. The molecule has 0 unspecified atom stereocenters. The molecule has 5 rings (SSSR count). The number of nitrogens with zero attached hydrogens (tertiary/aromatic N) is 1. The Morgan fingerprint density at radius 3 is 2.55 bits per heavy atom. The van der Waals surface area contributed by atoms with Crippen LogP contribution < -0.4 is 20.0 Å². The van der Waals surface area contributed by atoms with Crippen LogP contribution in [-0.4, -0.2) is 13.8 Å². The van der Waals surface area contributed by atoms with E-state index in [1.54, 1.807) is 12.0 Å². The zero-order valence-electron chi connectivity index (χ0n) is 16.5. The van der Waals surface area contributed by atoms with Gasteiger partial charge >= 0.3 is 5.63 Å². The van der Waals surface area contributed by atoms with Crippen molar-refractivity contribution in [3.8, 4) is 22.6 Å². The molecule has 1 aromatic heterocycles. The van der Waals surface area contributed by atoms with E-state index in [1.165, 1.54) is 18.2 Å².